The fourth-order valence-corrected chi connectivity index (χ4v) is 4.27. The molecule has 1 aliphatic heterocycles. The highest BCUT2D eigenvalue weighted by molar-refractivity contribution is 5.93. The molecule has 2 aromatic heterocycles. The third-order valence-electron chi connectivity index (χ3n) is 6.16. The van der Waals surface area contributed by atoms with Gasteiger partial charge in [0, 0.05) is 36.8 Å². The molecule has 1 unspecified atom stereocenters. The zero-order valence-corrected chi connectivity index (χ0v) is 20.2. The maximum atomic E-state index is 13.4. The van der Waals surface area contributed by atoms with E-state index in [2.05, 4.69) is 23.9 Å². The van der Waals surface area contributed by atoms with Crippen LogP contribution in [0.1, 0.15) is 56.6 Å². The molecule has 3 heterocycles. The molecule has 0 saturated carbocycles. The van der Waals surface area contributed by atoms with Crippen molar-refractivity contribution < 1.29 is 14.0 Å². The summed E-state index contributed by atoms with van der Waals surface area (Å²) in [5, 5.41) is 4.64. The van der Waals surface area contributed by atoms with Gasteiger partial charge in [-0.25, -0.2) is 13.9 Å². The van der Waals surface area contributed by atoms with E-state index in [4.69, 9.17) is 5.73 Å². The molecular formula is C25H31FN6O2. The average molecular weight is 467 g/mol. The molecule has 8 nitrogen and oxygen atoms in total. The molecule has 1 atom stereocenters. The van der Waals surface area contributed by atoms with Crippen molar-refractivity contribution in [3.05, 3.63) is 53.6 Å². The number of nitrogens with zero attached hydrogens (tertiary/aromatic N) is 5. The number of aromatic nitrogens is 3. The molecule has 0 spiro atoms. The highest BCUT2D eigenvalue weighted by atomic mass is 19.1. The standard InChI is InChI=1S/C25H31FN6O2/c1-15(2)19-12-20(17-6-8-18(26)9-7-17)29-32-14-21(28-22(19)32)23(33)30-10-11-31(16(3)13-30)24(34)25(4,5)27/h6-9,12,14-16H,10-11,13,27H2,1-5H3. The van der Waals surface area contributed by atoms with Crippen molar-refractivity contribution in [2.45, 2.75) is 52.1 Å². The molecule has 2 amide bonds. The number of imidazole rings is 1. The summed E-state index contributed by atoms with van der Waals surface area (Å²) in [5.41, 5.74) is 8.37. The lowest BCUT2D eigenvalue weighted by atomic mass is 10.0. The molecule has 1 saturated heterocycles. The van der Waals surface area contributed by atoms with Gasteiger partial charge in [-0.2, -0.15) is 5.10 Å². The number of fused-ring (bicyclic) bond motifs is 1. The van der Waals surface area contributed by atoms with Crippen molar-refractivity contribution in [3.63, 3.8) is 0 Å². The van der Waals surface area contributed by atoms with E-state index in [9.17, 15) is 14.0 Å². The van der Waals surface area contributed by atoms with Crippen molar-refractivity contribution in [1.82, 2.24) is 24.4 Å². The molecule has 0 radical (unpaired) electrons. The van der Waals surface area contributed by atoms with Gasteiger partial charge in [-0.15, -0.1) is 0 Å². The van der Waals surface area contributed by atoms with Gasteiger partial charge < -0.3 is 15.5 Å². The van der Waals surface area contributed by atoms with Gasteiger partial charge in [0.25, 0.3) is 5.91 Å². The van der Waals surface area contributed by atoms with E-state index in [1.807, 2.05) is 13.0 Å². The molecule has 34 heavy (non-hydrogen) atoms. The normalized spacial score (nSPS) is 17.0. The summed E-state index contributed by atoms with van der Waals surface area (Å²) >= 11 is 0. The Morgan fingerprint density at radius 3 is 2.44 bits per heavy atom. The number of amides is 2. The Hall–Kier alpha value is -3.33. The van der Waals surface area contributed by atoms with Crippen LogP contribution in [0.3, 0.4) is 0 Å². The van der Waals surface area contributed by atoms with E-state index in [0.717, 1.165) is 11.1 Å². The Morgan fingerprint density at radius 2 is 1.85 bits per heavy atom. The summed E-state index contributed by atoms with van der Waals surface area (Å²) < 4.78 is 15.0. The minimum absolute atomic E-state index is 0.126. The molecule has 1 aliphatic rings. The smallest absolute Gasteiger partial charge is 0.274 e. The minimum Gasteiger partial charge on any atom is -0.335 e. The Balaban J connectivity index is 1.62. The number of hydrogen-bond donors (Lipinski definition) is 1. The predicted octanol–water partition coefficient (Wildman–Crippen LogP) is 3.07. The number of halogens is 1. The van der Waals surface area contributed by atoms with E-state index in [1.165, 1.54) is 12.1 Å². The lowest BCUT2D eigenvalue weighted by Crippen LogP contribution is -2.61. The monoisotopic (exact) mass is 466 g/mol. The third kappa shape index (κ3) is 4.52. The number of carbonyl (C=O) groups is 2. The SMILES string of the molecule is CC(C)c1cc(-c2ccc(F)cc2)nn2cc(C(=O)N3CCN(C(=O)C(C)(C)N)C(C)C3)nc12. The number of piperazine rings is 1. The van der Waals surface area contributed by atoms with E-state index >= 15 is 0 Å². The molecule has 2 N–H and O–H groups in total. The topological polar surface area (TPSA) is 96.8 Å². The van der Waals surface area contributed by atoms with E-state index in [1.54, 1.807) is 46.5 Å². The van der Waals surface area contributed by atoms with Gasteiger partial charge in [0.05, 0.1) is 17.4 Å². The third-order valence-corrected chi connectivity index (χ3v) is 6.16. The van der Waals surface area contributed by atoms with Crippen LogP contribution in [0.4, 0.5) is 4.39 Å². The first-order valence-corrected chi connectivity index (χ1v) is 11.5. The van der Waals surface area contributed by atoms with Crippen LogP contribution in [-0.2, 0) is 4.79 Å². The first-order chi connectivity index (χ1) is 16.0. The molecule has 1 aromatic carbocycles. The van der Waals surface area contributed by atoms with Crippen LogP contribution in [0.25, 0.3) is 16.9 Å². The number of rotatable bonds is 4. The molecule has 9 heteroatoms. The largest absolute Gasteiger partial charge is 0.335 e. The second-order valence-corrected chi connectivity index (χ2v) is 9.86. The van der Waals surface area contributed by atoms with Gasteiger partial charge in [-0.05, 0) is 57.0 Å². The van der Waals surface area contributed by atoms with Crippen LogP contribution in [-0.4, -0.2) is 67.4 Å². The molecule has 3 aromatic rings. The lowest BCUT2D eigenvalue weighted by Gasteiger charge is -2.42. The maximum absolute atomic E-state index is 13.4. The fraction of sp³-hybridized carbons (Fsp3) is 0.440. The van der Waals surface area contributed by atoms with Crippen LogP contribution >= 0.6 is 0 Å². The zero-order valence-electron chi connectivity index (χ0n) is 20.2. The summed E-state index contributed by atoms with van der Waals surface area (Å²) in [7, 11) is 0. The summed E-state index contributed by atoms with van der Waals surface area (Å²) in [6.45, 7) is 10.6. The van der Waals surface area contributed by atoms with E-state index < -0.39 is 5.54 Å². The van der Waals surface area contributed by atoms with Crippen LogP contribution in [0, 0.1) is 5.82 Å². The van der Waals surface area contributed by atoms with Gasteiger partial charge in [0.15, 0.2) is 5.65 Å². The van der Waals surface area contributed by atoms with Crippen molar-refractivity contribution in [3.8, 4) is 11.3 Å². The van der Waals surface area contributed by atoms with Crippen LogP contribution in [0.2, 0.25) is 0 Å². The second kappa shape index (κ2) is 8.79. The van der Waals surface area contributed by atoms with E-state index in [-0.39, 0.29) is 29.6 Å². The lowest BCUT2D eigenvalue weighted by molar-refractivity contribution is -0.139. The maximum Gasteiger partial charge on any atom is 0.274 e. The summed E-state index contributed by atoms with van der Waals surface area (Å²) in [5.74, 6) is -0.492. The quantitative estimate of drug-likeness (QED) is 0.637. The van der Waals surface area contributed by atoms with Gasteiger partial charge >= 0.3 is 0 Å². The fourth-order valence-electron chi connectivity index (χ4n) is 4.27. The Labute approximate surface area is 198 Å². The van der Waals surface area contributed by atoms with Crippen molar-refractivity contribution in [2.75, 3.05) is 19.6 Å². The first-order valence-electron chi connectivity index (χ1n) is 11.5. The molecule has 4 rings (SSSR count). The average Bonchev–Trinajstić information content (AvgIpc) is 3.21. The van der Waals surface area contributed by atoms with Gasteiger partial charge in [0.2, 0.25) is 5.91 Å². The number of hydrogen-bond acceptors (Lipinski definition) is 5. The van der Waals surface area contributed by atoms with Crippen LogP contribution in [0.5, 0.6) is 0 Å². The highest BCUT2D eigenvalue weighted by Crippen LogP contribution is 2.26. The minimum atomic E-state index is -0.955. The van der Waals surface area contributed by atoms with Gasteiger partial charge in [-0.1, -0.05) is 13.8 Å². The molecule has 1 fully saturated rings. The predicted molar refractivity (Wildman–Crippen MR) is 128 cm³/mol. The number of benzene rings is 1. The zero-order chi connectivity index (χ0) is 24.8. The van der Waals surface area contributed by atoms with Crippen molar-refractivity contribution in [1.29, 1.82) is 0 Å². The highest BCUT2D eigenvalue weighted by Gasteiger charge is 2.36. The van der Waals surface area contributed by atoms with Gasteiger partial charge in [-0.3, -0.25) is 9.59 Å². The molecule has 180 valence electrons. The Morgan fingerprint density at radius 1 is 1.18 bits per heavy atom. The van der Waals surface area contributed by atoms with Crippen LogP contribution < -0.4 is 5.73 Å². The Kier molecular flexibility index (Phi) is 6.16. The van der Waals surface area contributed by atoms with E-state index in [0.29, 0.717) is 36.7 Å². The number of nitrogens with two attached hydrogens (primary N) is 1. The summed E-state index contributed by atoms with van der Waals surface area (Å²) in [6, 6.07) is 7.95. The first kappa shape index (κ1) is 23.8. The molecule has 0 bridgehead atoms. The molecular weight excluding hydrogens is 435 g/mol. The van der Waals surface area contributed by atoms with Crippen molar-refractivity contribution >= 4 is 17.5 Å². The van der Waals surface area contributed by atoms with Crippen molar-refractivity contribution in [2.24, 2.45) is 5.73 Å². The summed E-state index contributed by atoms with van der Waals surface area (Å²) in [4.78, 5) is 34.0. The summed E-state index contributed by atoms with van der Waals surface area (Å²) in [6.07, 6.45) is 1.64. The molecule has 0 aliphatic carbocycles. The van der Waals surface area contributed by atoms with Crippen LogP contribution in [0.15, 0.2) is 36.5 Å². The number of carbonyl (C=O) groups excluding carboxylic acids is 2. The Bertz CT molecular complexity index is 1230. The second-order valence-electron chi connectivity index (χ2n) is 9.86. The van der Waals surface area contributed by atoms with Gasteiger partial charge in [0.1, 0.15) is 11.5 Å².